The Hall–Kier alpha value is -7.37. The molecule has 9 aromatic rings. The van der Waals surface area contributed by atoms with Crippen LogP contribution in [0.15, 0.2) is 200 Å². The summed E-state index contributed by atoms with van der Waals surface area (Å²) in [6.45, 7) is 0. The summed E-state index contributed by atoms with van der Waals surface area (Å²) in [4.78, 5) is 24.4. The first kappa shape index (κ1) is 32.3. The van der Waals surface area contributed by atoms with Gasteiger partial charge in [-0.25, -0.2) is 15.0 Å². The van der Waals surface area contributed by atoms with Crippen molar-refractivity contribution in [2.75, 3.05) is 0 Å². The van der Waals surface area contributed by atoms with Crippen LogP contribution in [0.2, 0.25) is 0 Å². The fourth-order valence-corrected chi connectivity index (χ4v) is 7.96. The molecule has 3 heterocycles. The van der Waals surface area contributed by atoms with Gasteiger partial charge in [0.1, 0.15) is 0 Å². The summed E-state index contributed by atoms with van der Waals surface area (Å²) in [5.74, 6) is 1.91. The Morgan fingerprint density at radius 1 is 0.309 bits per heavy atom. The zero-order valence-electron chi connectivity index (χ0n) is 29.8. The van der Waals surface area contributed by atoms with Crippen LogP contribution in [0.4, 0.5) is 0 Å². The molecule has 258 valence electrons. The van der Waals surface area contributed by atoms with Gasteiger partial charge in [0.05, 0.1) is 16.8 Å². The second-order valence-corrected chi connectivity index (χ2v) is 13.7. The minimum atomic E-state index is -0.594. The predicted molar refractivity (Wildman–Crippen MR) is 220 cm³/mol. The highest BCUT2D eigenvalue weighted by molar-refractivity contribution is 5.84. The molecule has 0 saturated carbocycles. The predicted octanol–water partition coefficient (Wildman–Crippen LogP) is 11.4. The maximum absolute atomic E-state index is 5.00. The molecule has 10 rings (SSSR count). The fourth-order valence-electron chi connectivity index (χ4n) is 7.96. The maximum atomic E-state index is 5.00. The molecule has 0 spiro atoms. The number of hydrogen-bond donors (Lipinski definition) is 0. The van der Waals surface area contributed by atoms with Gasteiger partial charge in [-0.3, -0.25) is 9.97 Å². The van der Waals surface area contributed by atoms with Crippen LogP contribution in [-0.4, -0.2) is 24.9 Å². The van der Waals surface area contributed by atoms with Crippen molar-refractivity contribution in [2.24, 2.45) is 0 Å². The van der Waals surface area contributed by atoms with Gasteiger partial charge in [0, 0.05) is 40.2 Å². The van der Waals surface area contributed by atoms with Gasteiger partial charge in [0.2, 0.25) is 0 Å². The minimum absolute atomic E-state index is 0.594. The molecule has 0 fully saturated rings. The van der Waals surface area contributed by atoms with E-state index in [1.165, 1.54) is 11.1 Å². The number of aromatic nitrogens is 5. The second kappa shape index (κ2) is 13.6. The molecular formula is C50H33N5. The van der Waals surface area contributed by atoms with Crippen LogP contribution in [-0.2, 0) is 5.41 Å². The molecule has 6 aromatic carbocycles. The number of fused-ring (bicyclic) bond motifs is 3. The van der Waals surface area contributed by atoms with Gasteiger partial charge in [0.25, 0.3) is 0 Å². The summed E-state index contributed by atoms with van der Waals surface area (Å²) in [6, 6.07) is 65.5. The van der Waals surface area contributed by atoms with Crippen molar-refractivity contribution in [1.82, 2.24) is 24.9 Å². The highest BCUT2D eigenvalue weighted by Crippen LogP contribution is 2.55. The molecule has 0 saturated heterocycles. The van der Waals surface area contributed by atoms with Crippen LogP contribution < -0.4 is 0 Å². The van der Waals surface area contributed by atoms with Gasteiger partial charge >= 0.3 is 0 Å². The lowest BCUT2D eigenvalue weighted by Gasteiger charge is -2.33. The molecule has 0 amide bonds. The maximum Gasteiger partial charge on any atom is 0.164 e. The van der Waals surface area contributed by atoms with Crippen molar-refractivity contribution < 1.29 is 0 Å². The monoisotopic (exact) mass is 703 g/mol. The van der Waals surface area contributed by atoms with Crippen molar-refractivity contribution >= 4 is 0 Å². The zero-order chi connectivity index (χ0) is 36.6. The third-order valence-corrected chi connectivity index (χ3v) is 10.6. The summed E-state index contributed by atoms with van der Waals surface area (Å²) in [7, 11) is 0. The zero-order valence-corrected chi connectivity index (χ0v) is 29.8. The van der Waals surface area contributed by atoms with Crippen LogP contribution in [0.25, 0.3) is 67.8 Å². The lowest BCUT2D eigenvalue weighted by Crippen LogP contribution is -2.28. The van der Waals surface area contributed by atoms with Crippen LogP contribution >= 0.6 is 0 Å². The quantitative estimate of drug-likeness (QED) is 0.165. The van der Waals surface area contributed by atoms with Gasteiger partial charge < -0.3 is 0 Å². The van der Waals surface area contributed by atoms with Crippen molar-refractivity contribution in [3.8, 4) is 67.8 Å². The number of rotatable bonds is 7. The Kier molecular flexibility index (Phi) is 7.96. The first-order valence-electron chi connectivity index (χ1n) is 18.4. The van der Waals surface area contributed by atoms with E-state index >= 15 is 0 Å². The molecule has 0 N–H and O–H groups in total. The first-order valence-corrected chi connectivity index (χ1v) is 18.4. The molecule has 0 radical (unpaired) electrons. The van der Waals surface area contributed by atoms with Gasteiger partial charge in [-0.1, -0.05) is 170 Å². The summed E-state index contributed by atoms with van der Waals surface area (Å²) < 4.78 is 0. The van der Waals surface area contributed by atoms with E-state index in [0.717, 1.165) is 61.5 Å². The highest BCUT2D eigenvalue weighted by Gasteiger charge is 2.46. The van der Waals surface area contributed by atoms with E-state index in [0.29, 0.717) is 17.5 Å². The highest BCUT2D eigenvalue weighted by atomic mass is 15.0. The summed E-state index contributed by atoms with van der Waals surface area (Å²) >= 11 is 0. The number of nitrogens with zero attached hydrogens (tertiary/aromatic N) is 5. The lowest BCUT2D eigenvalue weighted by molar-refractivity contribution is 0.766. The molecule has 0 bridgehead atoms. The van der Waals surface area contributed by atoms with E-state index in [1.54, 1.807) is 0 Å². The molecule has 1 aliphatic carbocycles. The normalized spacial score (nSPS) is 14.3. The Bertz CT molecular complexity index is 2660. The van der Waals surface area contributed by atoms with Gasteiger partial charge in [0.15, 0.2) is 17.5 Å². The summed E-state index contributed by atoms with van der Waals surface area (Å²) in [6.07, 6.45) is 3.72. The smallest absolute Gasteiger partial charge is 0.164 e. The Morgan fingerprint density at radius 3 is 1.35 bits per heavy atom. The molecule has 3 aromatic heterocycles. The van der Waals surface area contributed by atoms with E-state index in [2.05, 4.69) is 108 Å². The molecule has 5 heteroatoms. The van der Waals surface area contributed by atoms with E-state index in [-0.39, 0.29) is 0 Å². The van der Waals surface area contributed by atoms with Crippen LogP contribution in [0, 0.1) is 0 Å². The average molecular weight is 704 g/mol. The van der Waals surface area contributed by atoms with Crippen LogP contribution in [0.3, 0.4) is 0 Å². The lowest BCUT2D eigenvalue weighted by atomic mass is 9.67. The first-order chi connectivity index (χ1) is 27.3. The molecule has 1 unspecified atom stereocenters. The summed E-state index contributed by atoms with van der Waals surface area (Å²) in [5.41, 5.74) is 13.4. The SMILES string of the molecule is c1ccc(-c2nc(-c3ccccc3)nc(-c3ccc(C4(c5ccc(-c6ccc(-c7ccccn7)cc6)cc5)c5ccccc5-c5ncccc54)cc3)n2)cc1. The largest absolute Gasteiger partial charge is 0.256 e. The van der Waals surface area contributed by atoms with Crippen LogP contribution in [0.1, 0.15) is 22.3 Å². The Labute approximate surface area is 319 Å². The van der Waals surface area contributed by atoms with Crippen molar-refractivity contribution in [1.29, 1.82) is 0 Å². The van der Waals surface area contributed by atoms with Gasteiger partial charge in [-0.15, -0.1) is 0 Å². The number of benzene rings is 6. The van der Waals surface area contributed by atoms with Crippen LogP contribution in [0.5, 0.6) is 0 Å². The second-order valence-electron chi connectivity index (χ2n) is 13.7. The molecular weight excluding hydrogens is 671 g/mol. The molecule has 1 aliphatic rings. The van der Waals surface area contributed by atoms with Gasteiger partial charge in [-0.05, 0) is 51.6 Å². The summed E-state index contributed by atoms with van der Waals surface area (Å²) in [5, 5.41) is 0. The molecule has 55 heavy (non-hydrogen) atoms. The third kappa shape index (κ3) is 5.61. The van der Waals surface area contributed by atoms with Crippen molar-refractivity contribution in [3.63, 3.8) is 0 Å². The molecule has 1 atom stereocenters. The minimum Gasteiger partial charge on any atom is -0.256 e. The number of pyridine rings is 2. The van der Waals surface area contributed by atoms with Crippen molar-refractivity contribution in [2.45, 2.75) is 5.41 Å². The molecule has 5 nitrogen and oxygen atoms in total. The van der Waals surface area contributed by atoms with E-state index in [4.69, 9.17) is 19.9 Å². The third-order valence-electron chi connectivity index (χ3n) is 10.6. The van der Waals surface area contributed by atoms with E-state index in [9.17, 15) is 0 Å². The van der Waals surface area contributed by atoms with Crippen molar-refractivity contribution in [3.05, 3.63) is 223 Å². The Morgan fingerprint density at radius 2 is 0.764 bits per heavy atom. The molecule has 0 aliphatic heterocycles. The van der Waals surface area contributed by atoms with Gasteiger partial charge in [-0.2, -0.15) is 0 Å². The standard InChI is InChI=1S/C50H33N5/c1-3-12-37(13-4-1)47-53-48(38-14-5-2-6-15-38)55-49(54-47)39-26-30-41(31-27-39)50(43-17-8-7-16-42(43)46-44(50)18-11-33-52-46)40-28-24-35(25-29-40)34-20-22-36(23-21-34)45-19-9-10-32-51-45/h1-33H. The topological polar surface area (TPSA) is 64.5 Å². The fraction of sp³-hybridized carbons (Fsp3) is 0.0200. The number of hydrogen-bond acceptors (Lipinski definition) is 5. The Balaban J connectivity index is 1.09. The van der Waals surface area contributed by atoms with E-state index in [1.807, 2.05) is 97.3 Å². The van der Waals surface area contributed by atoms with E-state index < -0.39 is 5.41 Å². The average Bonchev–Trinajstić information content (AvgIpc) is 3.58.